The van der Waals surface area contributed by atoms with Crippen LogP contribution in [0.3, 0.4) is 0 Å². The Labute approximate surface area is 101 Å². The average molecular weight is 238 g/mol. The zero-order valence-corrected chi connectivity index (χ0v) is 10.2. The van der Waals surface area contributed by atoms with Crippen molar-refractivity contribution in [1.82, 2.24) is 0 Å². The number of methoxy groups -OCH3 is 1. The first-order valence-corrected chi connectivity index (χ1v) is 5.29. The van der Waals surface area contributed by atoms with Gasteiger partial charge in [-0.3, -0.25) is 9.59 Å². The maximum atomic E-state index is 11.4. The lowest BCUT2D eigenvalue weighted by Crippen LogP contribution is -2.20. The highest BCUT2D eigenvalue weighted by molar-refractivity contribution is 5.79. The number of aliphatic carboxylic acids is 1. The van der Waals surface area contributed by atoms with Gasteiger partial charge >= 0.3 is 11.9 Å². The Balaban J connectivity index is 4.81. The lowest BCUT2D eigenvalue weighted by molar-refractivity contribution is -0.150. The van der Waals surface area contributed by atoms with Gasteiger partial charge in [0.05, 0.1) is 19.4 Å². The standard InChI is InChI=1S/C13H18O4/c1-4-6-10(7-5-2)8-11(9-12(14)15)13(16)17-3/h4-7,11H,1,8-9H2,2-3H3,(H,14,15)/b7-5-,10-6+. The molecule has 0 aromatic rings. The lowest BCUT2D eigenvalue weighted by atomic mass is 9.95. The highest BCUT2D eigenvalue weighted by Gasteiger charge is 2.22. The molecule has 0 amide bonds. The maximum absolute atomic E-state index is 11.4. The monoisotopic (exact) mass is 238 g/mol. The molecule has 0 radical (unpaired) electrons. The summed E-state index contributed by atoms with van der Waals surface area (Å²) in [6.45, 7) is 5.42. The number of rotatable bonds is 7. The molecule has 4 heteroatoms. The van der Waals surface area contributed by atoms with Crippen LogP contribution in [0.25, 0.3) is 0 Å². The molecule has 0 bridgehead atoms. The van der Waals surface area contributed by atoms with Gasteiger partial charge in [-0.25, -0.2) is 0 Å². The molecule has 0 aromatic carbocycles. The third-order valence-electron chi connectivity index (χ3n) is 2.15. The van der Waals surface area contributed by atoms with E-state index in [4.69, 9.17) is 5.11 Å². The third-order valence-corrected chi connectivity index (χ3v) is 2.15. The molecule has 0 aliphatic carbocycles. The zero-order valence-electron chi connectivity index (χ0n) is 10.2. The summed E-state index contributed by atoms with van der Waals surface area (Å²) < 4.78 is 4.59. The lowest BCUT2D eigenvalue weighted by Gasteiger charge is -2.12. The number of hydrogen-bond acceptors (Lipinski definition) is 3. The van der Waals surface area contributed by atoms with E-state index in [0.717, 1.165) is 5.57 Å². The molecular weight excluding hydrogens is 220 g/mol. The van der Waals surface area contributed by atoms with Crippen LogP contribution in [0.4, 0.5) is 0 Å². The average Bonchev–Trinajstić information content (AvgIpc) is 2.27. The molecule has 0 rings (SSSR count). The molecule has 0 saturated carbocycles. The van der Waals surface area contributed by atoms with E-state index in [1.165, 1.54) is 7.11 Å². The Hall–Kier alpha value is -1.84. The molecule has 0 aliphatic heterocycles. The number of carboxylic acid groups (broad SMARTS) is 1. The minimum Gasteiger partial charge on any atom is -0.481 e. The minimum atomic E-state index is -1.01. The summed E-state index contributed by atoms with van der Waals surface area (Å²) in [5.41, 5.74) is 0.846. The summed E-state index contributed by atoms with van der Waals surface area (Å²) in [5, 5.41) is 8.74. The maximum Gasteiger partial charge on any atom is 0.309 e. The predicted molar refractivity (Wildman–Crippen MR) is 65.5 cm³/mol. The Bertz CT molecular complexity index is 339. The van der Waals surface area contributed by atoms with E-state index in [-0.39, 0.29) is 6.42 Å². The molecule has 17 heavy (non-hydrogen) atoms. The van der Waals surface area contributed by atoms with E-state index >= 15 is 0 Å². The second-order valence-electron chi connectivity index (χ2n) is 3.50. The molecule has 0 aromatic heterocycles. The van der Waals surface area contributed by atoms with Gasteiger partial charge in [0.2, 0.25) is 0 Å². The predicted octanol–water partition coefficient (Wildman–Crippen LogP) is 2.33. The number of hydrogen-bond donors (Lipinski definition) is 1. The second-order valence-corrected chi connectivity index (χ2v) is 3.50. The van der Waals surface area contributed by atoms with Crippen LogP contribution in [0.1, 0.15) is 19.8 Å². The molecule has 0 heterocycles. The Morgan fingerprint density at radius 2 is 2.06 bits per heavy atom. The number of carboxylic acids is 1. The van der Waals surface area contributed by atoms with Gasteiger partial charge in [-0.15, -0.1) is 0 Å². The number of esters is 1. The van der Waals surface area contributed by atoms with Crippen molar-refractivity contribution in [3.05, 3.63) is 36.5 Å². The van der Waals surface area contributed by atoms with Gasteiger partial charge < -0.3 is 9.84 Å². The first-order valence-electron chi connectivity index (χ1n) is 5.29. The largest absolute Gasteiger partial charge is 0.481 e. The Kier molecular flexibility index (Phi) is 7.43. The van der Waals surface area contributed by atoms with Crippen LogP contribution < -0.4 is 0 Å². The van der Waals surface area contributed by atoms with E-state index in [0.29, 0.717) is 6.42 Å². The molecule has 1 atom stereocenters. The zero-order chi connectivity index (χ0) is 13.3. The summed E-state index contributed by atoms with van der Waals surface area (Å²) in [6.07, 6.45) is 7.08. The van der Waals surface area contributed by atoms with E-state index < -0.39 is 17.9 Å². The van der Waals surface area contributed by atoms with Crippen LogP contribution in [0.15, 0.2) is 36.5 Å². The molecule has 0 spiro atoms. The normalized spacial score (nSPS) is 13.4. The van der Waals surface area contributed by atoms with Crippen LogP contribution in [0, 0.1) is 5.92 Å². The smallest absolute Gasteiger partial charge is 0.309 e. The van der Waals surface area contributed by atoms with Crippen LogP contribution >= 0.6 is 0 Å². The highest BCUT2D eigenvalue weighted by Crippen LogP contribution is 2.18. The van der Waals surface area contributed by atoms with Crippen LogP contribution in [-0.4, -0.2) is 24.2 Å². The molecule has 0 saturated heterocycles. The SMILES string of the molecule is C=C/C=C(\C=C/C)CC(CC(=O)O)C(=O)OC. The molecule has 0 fully saturated rings. The molecule has 94 valence electrons. The molecule has 1 N–H and O–H groups in total. The summed E-state index contributed by atoms with van der Waals surface area (Å²) in [5.74, 6) is -2.19. The first kappa shape index (κ1) is 15.2. The van der Waals surface area contributed by atoms with Gasteiger partial charge in [-0.1, -0.05) is 30.9 Å². The van der Waals surface area contributed by atoms with Crippen LogP contribution in [-0.2, 0) is 14.3 Å². The minimum absolute atomic E-state index is 0.237. The molecular formula is C13H18O4. The number of ether oxygens (including phenoxy) is 1. The van der Waals surface area contributed by atoms with Crippen LogP contribution in [0.5, 0.6) is 0 Å². The van der Waals surface area contributed by atoms with E-state index in [2.05, 4.69) is 11.3 Å². The van der Waals surface area contributed by atoms with Crippen molar-refractivity contribution in [1.29, 1.82) is 0 Å². The van der Waals surface area contributed by atoms with Crippen molar-refractivity contribution in [2.45, 2.75) is 19.8 Å². The Morgan fingerprint density at radius 3 is 2.47 bits per heavy atom. The van der Waals surface area contributed by atoms with Gasteiger partial charge in [0.25, 0.3) is 0 Å². The van der Waals surface area contributed by atoms with Crippen molar-refractivity contribution >= 4 is 11.9 Å². The molecule has 0 aliphatic rings. The van der Waals surface area contributed by atoms with Crippen LogP contribution in [0.2, 0.25) is 0 Å². The molecule has 1 unspecified atom stereocenters. The summed E-state index contributed by atoms with van der Waals surface area (Å²) in [7, 11) is 1.25. The fourth-order valence-corrected chi connectivity index (χ4v) is 1.46. The van der Waals surface area contributed by atoms with Crippen molar-refractivity contribution in [3.63, 3.8) is 0 Å². The Morgan fingerprint density at radius 1 is 1.41 bits per heavy atom. The van der Waals surface area contributed by atoms with Gasteiger partial charge in [-0.2, -0.15) is 0 Å². The quantitative estimate of drug-likeness (QED) is 0.546. The van der Waals surface area contributed by atoms with E-state index in [1.54, 1.807) is 12.2 Å². The van der Waals surface area contributed by atoms with Gasteiger partial charge in [0.15, 0.2) is 0 Å². The topological polar surface area (TPSA) is 63.6 Å². The van der Waals surface area contributed by atoms with Crippen molar-refractivity contribution in [2.75, 3.05) is 7.11 Å². The summed E-state index contributed by atoms with van der Waals surface area (Å²) >= 11 is 0. The van der Waals surface area contributed by atoms with Crippen molar-refractivity contribution < 1.29 is 19.4 Å². The van der Waals surface area contributed by atoms with E-state index in [9.17, 15) is 9.59 Å². The fourth-order valence-electron chi connectivity index (χ4n) is 1.46. The van der Waals surface area contributed by atoms with E-state index in [1.807, 2.05) is 19.1 Å². The van der Waals surface area contributed by atoms with Crippen molar-refractivity contribution in [2.24, 2.45) is 5.92 Å². The highest BCUT2D eigenvalue weighted by atomic mass is 16.5. The number of carbonyl (C=O) groups is 2. The molecule has 4 nitrogen and oxygen atoms in total. The fraction of sp³-hybridized carbons (Fsp3) is 0.385. The first-order chi connectivity index (χ1) is 8.04. The number of allylic oxidation sites excluding steroid dienone is 5. The van der Waals surface area contributed by atoms with Gasteiger partial charge in [0.1, 0.15) is 0 Å². The number of carbonyl (C=O) groups excluding carboxylic acids is 1. The third kappa shape index (κ3) is 6.35. The van der Waals surface area contributed by atoms with Gasteiger partial charge in [-0.05, 0) is 18.9 Å². The second kappa shape index (κ2) is 8.33. The summed E-state index contributed by atoms with van der Waals surface area (Å²) in [4.78, 5) is 22.1. The van der Waals surface area contributed by atoms with Gasteiger partial charge in [0, 0.05) is 0 Å². The van der Waals surface area contributed by atoms with Crippen molar-refractivity contribution in [3.8, 4) is 0 Å². The summed E-state index contributed by atoms with van der Waals surface area (Å²) in [6, 6.07) is 0.